The molecule has 0 spiro atoms. The highest BCUT2D eigenvalue weighted by Gasteiger charge is 2.31. The Labute approximate surface area is 175 Å². The summed E-state index contributed by atoms with van der Waals surface area (Å²) >= 11 is 0. The van der Waals surface area contributed by atoms with Gasteiger partial charge in [0.2, 0.25) is 0 Å². The summed E-state index contributed by atoms with van der Waals surface area (Å²) in [4.78, 5) is 19.4. The highest BCUT2D eigenvalue weighted by Crippen LogP contribution is 2.24. The summed E-state index contributed by atoms with van der Waals surface area (Å²) < 4.78 is 37.6. The van der Waals surface area contributed by atoms with Crippen molar-refractivity contribution in [3.63, 3.8) is 0 Å². The maximum absolute atomic E-state index is 12.9. The van der Waals surface area contributed by atoms with Crippen LogP contribution in [0.1, 0.15) is 17.2 Å². The molecule has 1 N–H and O–H groups in total. The molecule has 2 aromatic carbocycles. The monoisotopic (exact) mass is 429 g/mol. The highest BCUT2D eigenvalue weighted by molar-refractivity contribution is 7.90. The number of ether oxygens (including phenoxy) is 2. The van der Waals surface area contributed by atoms with Crippen LogP contribution in [0.15, 0.2) is 64.5 Å². The Bertz CT molecular complexity index is 1030. The predicted octanol–water partition coefficient (Wildman–Crippen LogP) is 1.34. The molecule has 9 heteroatoms. The van der Waals surface area contributed by atoms with Gasteiger partial charge in [0.25, 0.3) is 10.0 Å². The number of hydrogen-bond donors (Lipinski definition) is 1. The zero-order valence-corrected chi connectivity index (χ0v) is 17.2. The Morgan fingerprint density at radius 3 is 2.57 bits per heavy atom. The minimum absolute atomic E-state index is 0.0555. The van der Waals surface area contributed by atoms with Crippen molar-refractivity contribution in [3.8, 4) is 0 Å². The van der Waals surface area contributed by atoms with E-state index in [0.717, 1.165) is 5.56 Å². The van der Waals surface area contributed by atoms with Crippen molar-refractivity contribution in [2.24, 2.45) is 4.99 Å². The van der Waals surface area contributed by atoms with Crippen LogP contribution in [-0.2, 0) is 24.3 Å². The quantitative estimate of drug-likeness (QED) is 0.550. The van der Waals surface area contributed by atoms with E-state index in [1.165, 1.54) is 6.07 Å². The van der Waals surface area contributed by atoms with Crippen molar-refractivity contribution < 1.29 is 22.7 Å². The minimum atomic E-state index is -3.58. The van der Waals surface area contributed by atoms with Gasteiger partial charge < -0.3 is 9.47 Å². The molecular formula is C21H23N3O5S. The number of carbonyl (C=O) groups is 1. The molecule has 2 aliphatic rings. The van der Waals surface area contributed by atoms with Gasteiger partial charge in [-0.2, -0.15) is 0 Å². The van der Waals surface area contributed by atoms with Gasteiger partial charge in [0.05, 0.1) is 24.7 Å². The summed E-state index contributed by atoms with van der Waals surface area (Å²) in [6.45, 7) is 2.65. The summed E-state index contributed by atoms with van der Waals surface area (Å²) in [6, 6.07) is 15.7. The number of rotatable bonds is 6. The molecule has 0 bridgehead atoms. The van der Waals surface area contributed by atoms with Crippen LogP contribution >= 0.6 is 0 Å². The molecule has 158 valence electrons. The summed E-state index contributed by atoms with van der Waals surface area (Å²) in [5, 5.41) is 0. The Balaban J connectivity index is 1.41. The Morgan fingerprint density at radius 1 is 1.10 bits per heavy atom. The average molecular weight is 429 g/mol. The number of fused-ring (bicyclic) bond motifs is 1. The maximum Gasteiger partial charge on any atom is 0.328 e. The van der Waals surface area contributed by atoms with Crippen LogP contribution in [-0.4, -0.2) is 64.6 Å². The molecule has 0 aliphatic carbocycles. The minimum Gasteiger partial charge on any atom is -0.462 e. The first-order valence-electron chi connectivity index (χ1n) is 9.76. The summed E-state index contributed by atoms with van der Waals surface area (Å²) in [6.07, 6.45) is 0. The smallest absolute Gasteiger partial charge is 0.328 e. The van der Waals surface area contributed by atoms with Gasteiger partial charge in [0.1, 0.15) is 18.5 Å². The Kier molecular flexibility index (Phi) is 6.12. The topological polar surface area (TPSA) is 97.3 Å². The van der Waals surface area contributed by atoms with E-state index in [9.17, 15) is 13.2 Å². The normalized spacial score (nSPS) is 20.3. The van der Waals surface area contributed by atoms with E-state index in [4.69, 9.17) is 9.47 Å². The van der Waals surface area contributed by atoms with E-state index in [0.29, 0.717) is 31.9 Å². The second kappa shape index (κ2) is 8.95. The predicted molar refractivity (Wildman–Crippen MR) is 111 cm³/mol. The second-order valence-corrected chi connectivity index (χ2v) is 8.61. The van der Waals surface area contributed by atoms with Gasteiger partial charge in [-0.3, -0.25) is 14.6 Å². The fraction of sp³-hybridized carbons (Fsp3) is 0.333. The number of nitrogens with one attached hydrogen (secondary N) is 1. The summed E-state index contributed by atoms with van der Waals surface area (Å²) in [7, 11) is -3.58. The van der Waals surface area contributed by atoms with E-state index in [-0.39, 0.29) is 29.9 Å². The van der Waals surface area contributed by atoms with Crippen LogP contribution in [0, 0.1) is 0 Å². The molecule has 2 aliphatic heterocycles. The summed E-state index contributed by atoms with van der Waals surface area (Å²) in [5.41, 5.74) is 1.40. The number of benzene rings is 2. The number of sulfonamides is 1. The lowest BCUT2D eigenvalue weighted by molar-refractivity contribution is -0.151. The molecule has 2 aromatic rings. The fourth-order valence-corrected chi connectivity index (χ4v) is 4.85. The van der Waals surface area contributed by atoms with Gasteiger partial charge in [-0.1, -0.05) is 42.5 Å². The van der Waals surface area contributed by atoms with Gasteiger partial charge >= 0.3 is 5.97 Å². The second-order valence-electron chi connectivity index (χ2n) is 6.96. The van der Waals surface area contributed by atoms with Crippen molar-refractivity contribution in [2.45, 2.75) is 10.9 Å². The third-order valence-corrected chi connectivity index (χ3v) is 6.41. The van der Waals surface area contributed by atoms with Crippen LogP contribution in [0.3, 0.4) is 0 Å². The number of morpholine rings is 1. The van der Waals surface area contributed by atoms with E-state index in [1.807, 2.05) is 30.3 Å². The van der Waals surface area contributed by atoms with Crippen LogP contribution in [0.4, 0.5) is 0 Å². The highest BCUT2D eigenvalue weighted by atomic mass is 32.2. The Hall–Kier alpha value is -2.75. The molecule has 1 fully saturated rings. The Morgan fingerprint density at radius 2 is 1.80 bits per heavy atom. The van der Waals surface area contributed by atoms with Crippen molar-refractivity contribution >= 4 is 21.8 Å². The lowest BCUT2D eigenvalue weighted by Gasteiger charge is -2.33. The van der Waals surface area contributed by atoms with Gasteiger partial charge in [0, 0.05) is 18.7 Å². The zero-order valence-electron chi connectivity index (χ0n) is 16.4. The van der Waals surface area contributed by atoms with Crippen LogP contribution in [0.2, 0.25) is 0 Å². The first kappa shape index (κ1) is 20.5. The molecule has 2 heterocycles. The van der Waals surface area contributed by atoms with E-state index < -0.39 is 16.1 Å². The molecule has 4 rings (SSSR count). The lowest BCUT2D eigenvalue weighted by Crippen LogP contribution is -2.42. The van der Waals surface area contributed by atoms with Gasteiger partial charge in [-0.05, 0) is 17.7 Å². The van der Waals surface area contributed by atoms with Crippen molar-refractivity contribution in [3.05, 3.63) is 65.7 Å². The molecule has 0 aromatic heterocycles. The number of esters is 1. The number of nitrogens with zero attached hydrogens (tertiary/aromatic N) is 2. The number of aliphatic imine (C=N–C) groups is 1. The molecule has 1 saturated heterocycles. The van der Waals surface area contributed by atoms with E-state index in [1.54, 1.807) is 18.2 Å². The standard InChI is InChI=1S/C21H23N3O5S/c25-21(19(16-6-2-1-3-7-16)24-11-14-28-15-12-24)29-13-10-22-20-17-8-4-5-9-18(17)30(26,27)23-20/h1-9,19H,10-15H2,(H,22,23). The molecule has 8 nitrogen and oxygen atoms in total. The van der Waals surface area contributed by atoms with Crippen LogP contribution in [0.25, 0.3) is 0 Å². The van der Waals surface area contributed by atoms with Gasteiger partial charge in [-0.25, -0.2) is 13.2 Å². The number of carbonyl (C=O) groups excluding carboxylic acids is 1. The molecule has 1 atom stereocenters. The van der Waals surface area contributed by atoms with Crippen molar-refractivity contribution in [2.75, 3.05) is 39.5 Å². The lowest BCUT2D eigenvalue weighted by atomic mass is 10.1. The number of amidine groups is 1. The molecular weight excluding hydrogens is 406 g/mol. The largest absolute Gasteiger partial charge is 0.462 e. The molecule has 1 unspecified atom stereocenters. The maximum atomic E-state index is 12.9. The van der Waals surface area contributed by atoms with Gasteiger partial charge in [0.15, 0.2) is 0 Å². The van der Waals surface area contributed by atoms with Crippen LogP contribution in [0.5, 0.6) is 0 Å². The number of hydrogen-bond acceptors (Lipinski definition) is 7. The summed E-state index contributed by atoms with van der Waals surface area (Å²) in [5.74, 6) is -0.0786. The molecule has 0 amide bonds. The zero-order chi connectivity index (χ0) is 21.0. The van der Waals surface area contributed by atoms with E-state index in [2.05, 4.69) is 14.6 Å². The third-order valence-electron chi connectivity index (χ3n) is 5.02. The average Bonchev–Trinajstić information content (AvgIpc) is 3.03. The van der Waals surface area contributed by atoms with Crippen molar-refractivity contribution in [1.29, 1.82) is 0 Å². The van der Waals surface area contributed by atoms with Gasteiger partial charge in [-0.15, -0.1) is 0 Å². The van der Waals surface area contributed by atoms with Crippen LogP contribution < -0.4 is 4.72 Å². The first-order chi connectivity index (χ1) is 14.6. The SMILES string of the molecule is O=C(OCCN=C1NS(=O)(=O)c2ccccc21)C(c1ccccc1)N1CCOCC1. The van der Waals surface area contributed by atoms with E-state index >= 15 is 0 Å². The van der Waals surface area contributed by atoms with Crippen molar-refractivity contribution in [1.82, 2.24) is 9.62 Å². The molecule has 0 saturated carbocycles. The third kappa shape index (κ3) is 4.38. The first-order valence-corrected chi connectivity index (χ1v) is 11.2. The molecule has 0 radical (unpaired) electrons. The molecule has 30 heavy (non-hydrogen) atoms. The fourth-order valence-electron chi connectivity index (χ4n) is 3.60.